The molecule has 1 atom stereocenters. The average molecular weight is 334 g/mol. The number of rotatable bonds is 6. The third kappa shape index (κ3) is 4.37. The van der Waals surface area contributed by atoms with Gasteiger partial charge < -0.3 is 16.0 Å². The minimum atomic E-state index is -0.232. The van der Waals surface area contributed by atoms with Crippen molar-refractivity contribution in [1.82, 2.24) is 5.43 Å². The number of anilines is 3. The Morgan fingerprint density at radius 3 is 2.92 bits per heavy atom. The Morgan fingerprint density at radius 2 is 2.12 bits per heavy atom. The van der Waals surface area contributed by atoms with E-state index in [-0.39, 0.29) is 12.1 Å². The van der Waals surface area contributed by atoms with Crippen LogP contribution in [0.4, 0.5) is 17.1 Å². The summed E-state index contributed by atoms with van der Waals surface area (Å²) in [6.45, 7) is 0.424. The number of hydrazine groups is 1. The van der Waals surface area contributed by atoms with Crippen LogP contribution in [0, 0.1) is 0 Å². The molecule has 1 aliphatic heterocycles. The SMILES string of the molecule is [B]c1cccc(NC2N=CNc3cc(NC(=O)CCNN)ccc32)c1. The fourth-order valence-electron chi connectivity index (χ4n) is 2.57. The number of amides is 1. The number of hydrogen-bond acceptors (Lipinski definition) is 6. The van der Waals surface area contributed by atoms with Crippen LogP contribution < -0.4 is 32.7 Å². The lowest BCUT2D eigenvalue weighted by molar-refractivity contribution is -0.116. The van der Waals surface area contributed by atoms with Crippen LogP contribution in [0.15, 0.2) is 47.5 Å². The van der Waals surface area contributed by atoms with E-state index in [2.05, 4.69) is 26.4 Å². The Bertz CT molecular complexity index is 794. The summed E-state index contributed by atoms with van der Waals surface area (Å²) in [5.74, 6) is 5.08. The number of benzene rings is 2. The molecule has 1 aliphatic rings. The molecule has 0 saturated heterocycles. The van der Waals surface area contributed by atoms with Crippen LogP contribution in [0.3, 0.4) is 0 Å². The predicted molar refractivity (Wildman–Crippen MR) is 102 cm³/mol. The van der Waals surface area contributed by atoms with E-state index in [4.69, 9.17) is 13.7 Å². The zero-order valence-electron chi connectivity index (χ0n) is 13.6. The van der Waals surface area contributed by atoms with Crippen molar-refractivity contribution in [3.8, 4) is 0 Å². The molecule has 0 aromatic heterocycles. The van der Waals surface area contributed by atoms with Crippen molar-refractivity contribution in [2.24, 2.45) is 10.8 Å². The van der Waals surface area contributed by atoms with Crippen molar-refractivity contribution in [2.75, 3.05) is 22.5 Å². The summed E-state index contributed by atoms with van der Waals surface area (Å²) in [7, 11) is 5.82. The van der Waals surface area contributed by atoms with Crippen LogP contribution in [-0.4, -0.2) is 26.6 Å². The molecule has 1 unspecified atom stereocenters. The first-order chi connectivity index (χ1) is 12.2. The second kappa shape index (κ2) is 7.82. The van der Waals surface area contributed by atoms with Crippen LogP contribution in [0.25, 0.3) is 0 Å². The summed E-state index contributed by atoms with van der Waals surface area (Å²) in [4.78, 5) is 16.2. The molecule has 2 aromatic carbocycles. The van der Waals surface area contributed by atoms with E-state index in [0.29, 0.717) is 24.1 Å². The molecule has 0 fully saturated rings. The molecule has 2 radical (unpaired) electrons. The molecular weight excluding hydrogens is 315 g/mol. The first-order valence-corrected chi connectivity index (χ1v) is 7.93. The largest absolute Gasteiger partial charge is 0.360 e. The Kier molecular flexibility index (Phi) is 5.32. The van der Waals surface area contributed by atoms with Gasteiger partial charge in [0.2, 0.25) is 5.91 Å². The van der Waals surface area contributed by atoms with Crippen LogP contribution in [-0.2, 0) is 4.79 Å². The Morgan fingerprint density at radius 1 is 1.24 bits per heavy atom. The highest BCUT2D eigenvalue weighted by atomic mass is 16.1. The van der Waals surface area contributed by atoms with Crippen molar-refractivity contribution >= 4 is 42.6 Å². The maximum Gasteiger partial charge on any atom is 0.225 e. The highest BCUT2D eigenvalue weighted by Gasteiger charge is 2.18. The van der Waals surface area contributed by atoms with Gasteiger partial charge >= 0.3 is 0 Å². The minimum absolute atomic E-state index is 0.100. The fraction of sp³-hybridized carbons (Fsp3) is 0.176. The van der Waals surface area contributed by atoms with E-state index in [1.807, 2.05) is 42.5 Å². The van der Waals surface area contributed by atoms with Gasteiger partial charge in [0.05, 0.1) is 6.34 Å². The van der Waals surface area contributed by atoms with Gasteiger partial charge in [0.1, 0.15) is 14.0 Å². The summed E-state index contributed by atoms with van der Waals surface area (Å²) < 4.78 is 0. The molecule has 0 bridgehead atoms. The van der Waals surface area contributed by atoms with Gasteiger partial charge in [-0.25, -0.2) is 4.99 Å². The zero-order chi connectivity index (χ0) is 17.6. The van der Waals surface area contributed by atoms with Gasteiger partial charge in [-0.15, -0.1) is 0 Å². The Hall–Kier alpha value is -2.84. The van der Waals surface area contributed by atoms with Crippen molar-refractivity contribution in [3.05, 3.63) is 48.0 Å². The molecule has 6 N–H and O–H groups in total. The molecule has 25 heavy (non-hydrogen) atoms. The second-order valence-electron chi connectivity index (χ2n) is 5.65. The number of hydrogen-bond donors (Lipinski definition) is 5. The smallest absolute Gasteiger partial charge is 0.225 e. The quantitative estimate of drug-likeness (QED) is 0.306. The predicted octanol–water partition coefficient (Wildman–Crippen LogP) is 0.837. The summed E-state index contributed by atoms with van der Waals surface area (Å²) >= 11 is 0. The minimum Gasteiger partial charge on any atom is -0.360 e. The fourth-order valence-corrected chi connectivity index (χ4v) is 2.57. The van der Waals surface area contributed by atoms with Crippen LogP contribution in [0.1, 0.15) is 18.2 Å². The summed E-state index contributed by atoms with van der Waals surface area (Å²) in [5, 5.41) is 9.29. The molecule has 3 rings (SSSR count). The first-order valence-electron chi connectivity index (χ1n) is 7.93. The lowest BCUT2D eigenvalue weighted by Gasteiger charge is -2.23. The van der Waals surface area contributed by atoms with E-state index in [1.165, 1.54) is 0 Å². The van der Waals surface area contributed by atoms with Crippen molar-refractivity contribution in [1.29, 1.82) is 0 Å². The number of fused-ring (bicyclic) bond motifs is 1. The monoisotopic (exact) mass is 334 g/mol. The third-order valence-corrected chi connectivity index (χ3v) is 3.76. The van der Waals surface area contributed by atoms with E-state index >= 15 is 0 Å². The van der Waals surface area contributed by atoms with Crippen LogP contribution in [0.5, 0.6) is 0 Å². The van der Waals surface area contributed by atoms with Gasteiger partial charge in [-0.2, -0.15) is 0 Å². The van der Waals surface area contributed by atoms with Crippen molar-refractivity contribution < 1.29 is 4.79 Å². The standard InChI is InChI=1S/C17H19BN6O/c18-11-2-1-3-12(8-11)24-17-14-5-4-13(9-15(14)20-10-21-17)23-16(25)6-7-22-19/h1-5,8-10,17,22,24H,6-7,19H2,(H,20,21)(H,23,25). The molecule has 0 spiro atoms. The highest BCUT2D eigenvalue weighted by Crippen LogP contribution is 2.31. The number of carbonyl (C=O) groups excluding carboxylic acids is 1. The van der Waals surface area contributed by atoms with Gasteiger partial charge in [0, 0.05) is 35.6 Å². The number of carbonyl (C=O) groups is 1. The zero-order valence-corrected chi connectivity index (χ0v) is 13.6. The van der Waals surface area contributed by atoms with Crippen LogP contribution >= 0.6 is 0 Å². The molecule has 1 heterocycles. The summed E-state index contributed by atoms with van der Waals surface area (Å²) in [5.41, 5.74) is 6.61. The van der Waals surface area contributed by atoms with Gasteiger partial charge in [-0.05, 0) is 24.3 Å². The maximum atomic E-state index is 11.8. The third-order valence-electron chi connectivity index (χ3n) is 3.76. The molecule has 8 heteroatoms. The topological polar surface area (TPSA) is 104 Å². The second-order valence-corrected chi connectivity index (χ2v) is 5.65. The van der Waals surface area contributed by atoms with E-state index in [9.17, 15) is 4.79 Å². The number of nitrogens with one attached hydrogen (secondary N) is 4. The van der Waals surface area contributed by atoms with Crippen molar-refractivity contribution in [2.45, 2.75) is 12.6 Å². The van der Waals surface area contributed by atoms with E-state index in [1.54, 1.807) is 6.34 Å². The highest BCUT2D eigenvalue weighted by molar-refractivity contribution is 6.32. The lowest BCUT2D eigenvalue weighted by Crippen LogP contribution is -2.27. The summed E-state index contributed by atoms with van der Waals surface area (Å²) in [6.07, 6.45) is 1.71. The maximum absolute atomic E-state index is 11.8. The number of aliphatic imine (C=N–C) groups is 1. The lowest BCUT2D eigenvalue weighted by atomic mass is 9.96. The Balaban J connectivity index is 1.73. The molecular formula is C17H19BN6O. The molecule has 126 valence electrons. The molecule has 7 nitrogen and oxygen atoms in total. The van der Waals surface area contributed by atoms with Crippen molar-refractivity contribution in [3.63, 3.8) is 0 Å². The van der Waals surface area contributed by atoms with Gasteiger partial charge in [-0.3, -0.25) is 16.1 Å². The first kappa shape index (κ1) is 17.0. The normalized spacial score (nSPS) is 15.2. The Labute approximate surface area is 147 Å². The number of nitrogens with zero attached hydrogens (tertiary/aromatic N) is 1. The summed E-state index contributed by atoms with van der Waals surface area (Å²) in [6, 6.07) is 13.2. The van der Waals surface area contributed by atoms with E-state index in [0.717, 1.165) is 16.9 Å². The van der Waals surface area contributed by atoms with Crippen LogP contribution in [0.2, 0.25) is 0 Å². The molecule has 2 aromatic rings. The molecule has 0 aliphatic carbocycles. The van der Waals surface area contributed by atoms with E-state index < -0.39 is 0 Å². The van der Waals surface area contributed by atoms with Gasteiger partial charge in [-0.1, -0.05) is 23.7 Å². The van der Waals surface area contributed by atoms with Gasteiger partial charge in [0.15, 0.2) is 0 Å². The number of nitrogens with two attached hydrogens (primary N) is 1. The molecule has 1 amide bonds. The molecule has 0 saturated carbocycles. The van der Waals surface area contributed by atoms with Gasteiger partial charge in [0.25, 0.3) is 0 Å². The average Bonchev–Trinajstić information content (AvgIpc) is 2.60.